The van der Waals surface area contributed by atoms with E-state index in [-0.39, 0.29) is 11.3 Å². The highest BCUT2D eigenvalue weighted by molar-refractivity contribution is 7.86. The summed E-state index contributed by atoms with van der Waals surface area (Å²) in [4.78, 5) is 13.0. The number of rotatable bonds is 6. The van der Waals surface area contributed by atoms with Gasteiger partial charge in [0.25, 0.3) is 0 Å². The van der Waals surface area contributed by atoms with Crippen LogP contribution in [-0.4, -0.2) is 33.8 Å². The van der Waals surface area contributed by atoms with Gasteiger partial charge in [0.1, 0.15) is 0 Å². The molecule has 0 aliphatic carbocycles. The van der Waals surface area contributed by atoms with Gasteiger partial charge < -0.3 is 9.47 Å². The molecule has 9 heteroatoms. The van der Waals surface area contributed by atoms with Crippen molar-refractivity contribution < 1.29 is 27.0 Å². The van der Waals surface area contributed by atoms with E-state index < -0.39 is 22.3 Å². The Labute approximate surface area is 168 Å². The third kappa shape index (κ3) is 4.44. The lowest BCUT2D eigenvalue weighted by molar-refractivity contribution is -0.120. The molecule has 7 nitrogen and oxygen atoms in total. The second kappa shape index (κ2) is 8.30. The van der Waals surface area contributed by atoms with Crippen LogP contribution < -0.4 is 5.06 Å². The first-order valence-electron chi connectivity index (χ1n) is 8.82. The Bertz CT molecular complexity index is 957. The molecule has 0 radical (unpaired) electrons. The van der Waals surface area contributed by atoms with Crippen LogP contribution in [0.15, 0.2) is 28.5 Å². The molecule has 1 fully saturated rings. The molecule has 1 aliphatic rings. The summed E-state index contributed by atoms with van der Waals surface area (Å²) in [5.74, 6) is -0.524. The zero-order chi connectivity index (χ0) is 20.5. The first-order chi connectivity index (χ1) is 13.2. The number of thiophene rings is 1. The fourth-order valence-corrected chi connectivity index (χ4v) is 5.05. The molecule has 3 rings (SSSR count). The number of anilines is 1. The average Bonchev–Trinajstić information content (AvgIpc) is 3.23. The Balaban J connectivity index is 1.96. The van der Waals surface area contributed by atoms with Crippen LogP contribution in [0.1, 0.15) is 28.5 Å². The van der Waals surface area contributed by atoms with Crippen molar-refractivity contribution in [1.29, 1.82) is 0 Å². The Kier molecular flexibility index (Phi) is 6.21. The third-order valence-electron chi connectivity index (χ3n) is 4.34. The standard InChI is InChI=1S/C19H23NO6S2/c1-12-5-6-17(16(9-12)10-18-24-7-8-25-18)28(22,23)26-20(15(4)21)19-13(2)11-27-14(19)3/h5-6,9,11,18H,7-8,10H2,1-4H3. The number of carbonyl (C=O) groups is 1. The molecule has 152 valence electrons. The number of carbonyl (C=O) groups excluding carboxylic acids is 1. The fourth-order valence-electron chi connectivity index (χ4n) is 3.07. The second-order valence-corrected chi connectivity index (χ2v) is 9.23. The lowest BCUT2D eigenvalue weighted by atomic mass is 10.1. The number of amides is 1. The first-order valence-corrected chi connectivity index (χ1v) is 11.1. The highest BCUT2D eigenvalue weighted by Crippen LogP contribution is 2.33. The monoisotopic (exact) mass is 425 g/mol. The van der Waals surface area contributed by atoms with Crippen molar-refractivity contribution in [1.82, 2.24) is 0 Å². The van der Waals surface area contributed by atoms with Crippen LogP contribution in [-0.2, 0) is 35.1 Å². The van der Waals surface area contributed by atoms with E-state index in [1.54, 1.807) is 19.1 Å². The minimum Gasteiger partial charge on any atom is -0.350 e. The van der Waals surface area contributed by atoms with E-state index in [1.807, 2.05) is 19.2 Å². The molecule has 2 aromatic rings. The lowest BCUT2D eigenvalue weighted by Gasteiger charge is -2.22. The topological polar surface area (TPSA) is 82.1 Å². The predicted octanol–water partition coefficient (Wildman–Crippen LogP) is 3.26. The number of benzene rings is 1. The fraction of sp³-hybridized carbons (Fsp3) is 0.421. The third-order valence-corrected chi connectivity index (χ3v) is 6.64. The minimum absolute atomic E-state index is 0.00557. The van der Waals surface area contributed by atoms with Crippen molar-refractivity contribution >= 4 is 33.0 Å². The molecule has 1 amide bonds. The van der Waals surface area contributed by atoms with Gasteiger partial charge in [-0.1, -0.05) is 17.7 Å². The zero-order valence-electron chi connectivity index (χ0n) is 16.2. The molecule has 0 spiro atoms. The van der Waals surface area contributed by atoms with E-state index in [1.165, 1.54) is 24.3 Å². The number of ether oxygens (including phenoxy) is 2. The normalized spacial score (nSPS) is 15.1. The van der Waals surface area contributed by atoms with Crippen molar-refractivity contribution in [3.8, 4) is 0 Å². The number of hydrogen-bond acceptors (Lipinski definition) is 7. The van der Waals surface area contributed by atoms with E-state index >= 15 is 0 Å². The molecule has 0 N–H and O–H groups in total. The van der Waals surface area contributed by atoms with Gasteiger partial charge in [0, 0.05) is 18.2 Å². The zero-order valence-corrected chi connectivity index (χ0v) is 17.9. The highest BCUT2D eigenvalue weighted by Gasteiger charge is 2.30. The van der Waals surface area contributed by atoms with Gasteiger partial charge in [-0.25, -0.2) is 0 Å². The van der Waals surface area contributed by atoms with Crippen LogP contribution >= 0.6 is 11.3 Å². The van der Waals surface area contributed by atoms with Gasteiger partial charge in [-0.2, -0.15) is 13.5 Å². The molecule has 0 atom stereocenters. The van der Waals surface area contributed by atoms with Crippen LogP contribution in [0.5, 0.6) is 0 Å². The number of nitrogens with zero attached hydrogens (tertiary/aromatic N) is 1. The minimum atomic E-state index is -4.25. The Morgan fingerprint density at radius 2 is 1.93 bits per heavy atom. The maximum absolute atomic E-state index is 13.1. The molecule has 0 saturated carbocycles. The van der Waals surface area contributed by atoms with Crippen molar-refractivity contribution in [2.75, 3.05) is 18.3 Å². The quantitative estimate of drug-likeness (QED) is 0.661. The van der Waals surface area contributed by atoms with E-state index in [2.05, 4.69) is 0 Å². The Morgan fingerprint density at radius 1 is 1.25 bits per heavy atom. The summed E-state index contributed by atoms with van der Waals surface area (Å²) in [6, 6.07) is 4.94. The van der Waals surface area contributed by atoms with Gasteiger partial charge in [0.2, 0.25) is 5.91 Å². The maximum Gasteiger partial charge on any atom is 0.318 e. The SMILES string of the molecule is CC(=O)N(OS(=O)(=O)c1ccc(C)cc1CC1OCCO1)c1c(C)csc1C. The molecule has 1 aromatic heterocycles. The van der Waals surface area contributed by atoms with Crippen LogP contribution in [0.25, 0.3) is 0 Å². The van der Waals surface area contributed by atoms with E-state index in [9.17, 15) is 13.2 Å². The first kappa shape index (κ1) is 20.9. The van der Waals surface area contributed by atoms with Crippen molar-refractivity contribution in [2.24, 2.45) is 0 Å². The summed E-state index contributed by atoms with van der Waals surface area (Å²) in [5, 5.41) is 2.70. The molecule has 0 bridgehead atoms. The Morgan fingerprint density at radius 3 is 2.50 bits per heavy atom. The van der Waals surface area contributed by atoms with Gasteiger partial charge >= 0.3 is 10.1 Å². The van der Waals surface area contributed by atoms with Gasteiger partial charge in [-0.3, -0.25) is 4.79 Å². The summed E-state index contributed by atoms with van der Waals surface area (Å²) in [5.41, 5.74) is 2.65. The number of aryl methyl sites for hydroxylation is 3. The van der Waals surface area contributed by atoms with Gasteiger partial charge in [0.05, 0.1) is 23.8 Å². The Hall–Kier alpha value is -1.78. The lowest BCUT2D eigenvalue weighted by Crippen LogP contribution is -2.32. The summed E-state index contributed by atoms with van der Waals surface area (Å²) in [6.07, 6.45) is -0.225. The maximum atomic E-state index is 13.1. The highest BCUT2D eigenvalue weighted by atomic mass is 32.2. The molecular formula is C19H23NO6S2. The molecule has 1 aromatic carbocycles. The number of hydrogen-bond donors (Lipinski definition) is 0. The predicted molar refractivity (Wildman–Crippen MR) is 106 cm³/mol. The van der Waals surface area contributed by atoms with E-state index in [4.69, 9.17) is 13.8 Å². The summed E-state index contributed by atoms with van der Waals surface area (Å²) < 4.78 is 42.4. The molecular weight excluding hydrogens is 402 g/mol. The smallest absolute Gasteiger partial charge is 0.318 e. The van der Waals surface area contributed by atoms with Gasteiger partial charge in [-0.05, 0) is 43.3 Å². The average molecular weight is 426 g/mol. The van der Waals surface area contributed by atoms with Crippen LogP contribution in [0.3, 0.4) is 0 Å². The van der Waals surface area contributed by atoms with Crippen molar-refractivity contribution in [2.45, 2.75) is 45.3 Å². The summed E-state index contributed by atoms with van der Waals surface area (Å²) in [7, 11) is -4.25. The van der Waals surface area contributed by atoms with E-state index in [0.717, 1.165) is 21.1 Å². The van der Waals surface area contributed by atoms with Crippen LogP contribution in [0.4, 0.5) is 5.69 Å². The van der Waals surface area contributed by atoms with E-state index in [0.29, 0.717) is 24.5 Å². The largest absolute Gasteiger partial charge is 0.350 e. The summed E-state index contributed by atoms with van der Waals surface area (Å²) >= 11 is 1.42. The van der Waals surface area contributed by atoms with Crippen LogP contribution in [0.2, 0.25) is 0 Å². The van der Waals surface area contributed by atoms with Gasteiger partial charge in [0.15, 0.2) is 6.29 Å². The molecule has 1 aliphatic heterocycles. The summed E-state index contributed by atoms with van der Waals surface area (Å²) in [6.45, 7) is 7.70. The molecule has 2 heterocycles. The van der Waals surface area contributed by atoms with Gasteiger partial charge in [-0.15, -0.1) is 15.6 Å². The molecule has 0 unspecified atom stereocenters. The molecule has 28 heavy (non-hydrogen) atoms. The number of hydroxylamine groups is 1. The molecule has 1 saturated heterocycles. The second-order valence-electron chi connectivity index (χ2n) is 6.65. The van der Waals surface area contributed by atoms with Crippen molar-refractivity contribution in [3.63, 3.8) is 0 Å². The van der Waals surface area contributed by atoms with Crippen LogP contribution in [0, 0.1) is 20.8 Å². The van der Waals surface area contributed by atoms with Crippen molar-refractivity contribution in [3.05, 3.63) is 45.1 Å².